The molecular weight excluding hydrogens is 456 g/mol. The van der Waals surface area contributed by atoms with E-state index in [2.05, 4.69) is 73.6 Å². The van der Waals surface area contributed by atoms with E-state index >= 15 is 0 Å². The van der Waals surface area contributed by atoms with Gasteiger partial charge in [-0.25, -0.2) is 0 Å². The summed E-state index contributed by atoms with van der Waals surface area (Å²) in [6, 6.07) is 20.6. The smallest absolute Gasteiger partial charge is 0.128 e. The Bertz CT molecular complexity index is 1100. The summed E-state index contributed by atoms with van der Waals surface area (Å²) < 4.78 is 4.06. The number of rotatable bonds is 4. The van der Waals surface area contributed by atoms with Gasteiger partial charge in [0.25, 0.3) is 0 Å². The molecule has 4 aromatic rings. The van der Waals surface area contributed by atoms with Crippen LogP contribution in [0.3, 0.4) is 0 Å². The molecule has 1 heterocycles. The maximum atomic E-state index is 10.4. The lowest BCUT2D eigenvalue weighted by atomic mass is 10.1. The van der Waals surface area contributed by atoms with E-state index in [4.69, 9.17) is 0 Å². The largest absolute Gasteiger partial charge is 0.380 e. The molecule has 0 aliphatic heterocycles. The van der Waals surface area contributed by atoms with Crippen LogP contribution in [0.15, 0.2) is 69.6 Å². The fourth-order valence-corrected chi connectivity index (χ4v) is 4.23. The van der Waals surface area contributed by atoms with Crippen LogP contribution in [0.4, 0.5) is 5.69 Å². The second-order valence-corrected chi connectivity index (χ2v) is 8.08. The predicted octanol–water partition coefficient (Wildman–Crippen LogP) is 6.44. The topological polar surface area (TPSA) is 37.2 Å². The number of halogens is 2. The molecule has 3 aromatic carbocycles. The van der Waals surface area contributed by atoms with Crippen LogP contribution in [0.5, 0.6) is 0 Å². The first-order valence-electron chi connectivity index (χ1n) is 8.44. The summed E-state index contributed by atoms with van der Waals surface area (Å²) in [6.45, 7) is 2.47. The van der Waals surface area contributed by atoms with E-state index in [1.54, 1.807) is 6.92 Å². The number of fused-ring (bicyclic) bond motifs is 3. The van der Waals surface area contributed by atoms with Gasteiger partial charge in [-0.1, -0.05) is 52.3 Å². The van der Waals surface area contributed by atoms with E-state index in [0.717, 1.165) is 42.0 Å². The molecule has 1 aromatic heterocycles. The number of aliphatic hydroxyl groups excluding tert-OH is 1. The van der Waals surface area contributed by atoms with Crippen LogP contribution in [0, 0.1) is 0 Å². The molecule has 132 valence electrons. The van der Waals surface area contributed by atoms with Gasteiger partial charge in [-0.15, -0.1) is 0 Å². The van der Waals surface area contributed by atoms with Crippen molar-refractivity contribution in [1.82, 2.24) is 4.57 Å². The van der Waals surface area contributed by atoms with Crippen molar-refractivity contribution in [1.29, 1.82) is 0 Å². The van der Waals surface area contributed by atoms with Crippen molar-refractivity contribution in [3.8, 4) is 0 Å². The van der Waals surface area contributed by atoms with Gasteiger partial charge in [-0.3, -0.25) is 0 Å². The van der Waals surface area contributed by atoms with Crippen molar-refractivity contribution in [2.45, 2.75) is 19.7 Å². The number of anilines is 1. The molecule has 1 atom stereocenters. The Morgan fingerprint density at radius 3 is 2.58 bits per heavy atom. The molecule has 1 unspecified atom stereocenters. The molecule has 0 saturated carbocycles. The average molecular weight is 474 g/mol. The first-order valence-corrected chi connectivity index (χ1v) is 10.0. The molecule has 2 N–H and O–H groups in total. The zero-order valence-electron chi connectivity index (χ0n) is 14.2. The highest BCUT2D eigenvalue weighted by molar-refractivity contribution is 9.11. The number of hydrogen-bond acceptors (Lipinski definition) is 2. The molecule has 26 heavy (non-hydrogen) atoms. The maximum absolute atomic E-state index is 10.4. The third-order valence-corrected chi connectivity index (χ3v) is 5.77. The van der Waals surface area contributed by atoms with Crippen LogP contribution in [0.25, 0.3) is 21.8 Å². The summed E-state index contributed by atoms with van der Waals surface area (Å²) in [7, 11) is 0. The van der Waals surface area contributed by atoms with Crippen LogP contribution in [0.1, 0.15) is 18.7 Å². The van der Waals surface area contributed by atoms with Crippen LogP contribution >= 0.6 is 31.9 Å². The standard InChI is InChI=1S/C21H18Br2N2O/c1-13(26)25-20-8-3-2-6-16(20)17-7-4-5-14(21(17)25)12-24-19-11-15(22)9-10-18(19)23/h2-11,13,24,26H,12H2,1H3. The first-order chi connectivity index (χ1) is 12.6. The van der Waals surface area contributed by atoms with Crippen molar-refractivity contribution in [3.63, 3.8) is 0 Å². The summed E-state index contributed by atoms with van der Waals surface area (Å²) in [5.74, 6) is 0. The number of hydrogen-bond donors (Lipinski definition) is 2. The van der Waals surface area contributed by atoms with Gasteiger partial charge in [-0.2, -0.15) is 0 Å². The fraction of sp³-hybridized carbons (Fsp3) is 0.143. The SMILES string of the molecule is CC(O)n1c2ccccc2c2cccc(CNc3cc(Br)ccc3Br)c21. The summed E-state index contributed by atoms with van der Waals surface area (Å²) in [4.78, 5) is 0. The van der Waals surface area contributed by atoms with Crippen LogP contribution < -0.4 is 5.32 Å². The zero-order chi connectivity index (χ0) is 18.3. The molecule has 0 fully saturated rings. The molecule has 0 aliphatic rings. The van der Waals surface area contributed by atoms with E-state index in [0.29, 0.717) is 6.54 Å². The highest BCUT2D eigenvalue weighted by atomic mass is 79.9. The maximum Gasteiger partial charge on any atom is 0.128 e. The molecule has 0 amide bonds. The monoisotopic (exact) mass is 472 g/mol. The van der Waals surface area contributed by atoms with Crippen molar-refractivity contribution < 1.29 is 5.11 Å². The third-order valence-electron chi connectivity index (χ3n) is 4.59. The number of para-hydroxylation sites is 2. The Kier molecular flexibility index (Phi) is 4.78. The Morgan fingerprint density at radius 2 is 1.77 bits per heavy atom. The van der Waals surface area contributed by atoms with Crippen molar-refractivity contribution in [3.05, 3.63) is 75.2 Å². The number of nitrogens with one attached hydrogen (secondary N) is 1. The summed E-state index contributed by atoms with van der Waals surface area (Å²) in [5.41, 5.74) is 4.29. The zero-order valence-corrected chi connectivity index (χ0v) is 17.4. The van der Waals surface area contributed by atoms with Gasteiger partial charge in [0.05, 0.1) is 11.0 Å². The normalized spacial score (nSPS) is 12.6. The Balaban J connectivity index is 1.84. The van der Waals surface area contributed by atoms with Gasteiger partial charge < -0.3 is 15.0 Å². The minimum atomic E-state index is -0.601. The molecule has 0 bridgehead atoms. The second kappa shape index (κ2) is 7.06. The lowest BCUT2D eigenvalue weighted by molar-refractivity contribution is 0.133. The number of aliphatic hydroxyl groups is 1. The van der Waals surface area contributed by atoms with E-state index < -0.39 is 6.23 Å². The van der Waals surface area contributed by atoms with Gasteiger partial charge in [-0.05, 0) is 52.7 Å². The average Bonchev–Trinajstić information content (AvgIpc) is 2.98. The summed E-state index contributed by atoms with van der Waals surface area (Å²) in [6.07, 6.45) is -0.601. The minimum absolute atomic E-state index is 0.601. The molecule has 3 nitrogen and oxygen atoms in total. The van der Waals surface area contributed by atoms with E-state index in [9.17, 15) is 5.11 Å². The van der Waals surface area contributed by atoms with E-state index in [1.807, 2.05) is 28.8 Å². The highest BCUT2D eigenvalue weighted by Gasteiger charge is 2.16. The Labute approximate surface area is 168 Å². The van der Waals surface area contributed by atoms with Crippen LogP contribution in [0.2, 0.25) is 0 Å². The van der Waals surface area contributed by atoms with Gasteiger partial charge in [0, 0.05) is 32.0 Å². The van der Waals surface area contributed by atoms with E-state index in [1.165, 1.54) is 0 Å². The molecular formula is C21H18Br2N2O. The number of aromatic nitrogens is 1. The number of benzene rings is 3. The first kappa shape index (κ1) is 17.6. The van der Waals surface area contributed by atoms with Gasteiger partial charge >= 0.3 is 0 Å². The fourth-order valence-electron chi connectivity index (χ4n) is 3.48. The lowest BCUT2D eigenvalue weighted by Crippen LogP contribution is -2.07. The number of nitrogens with zero attached hydrogens (tertiary/aromatic N) is 1. The predicted molar refractivity (Wildman–Crippen MR) is 116 cm³/mol. The molecule has 4 rings (SSSR count). The van der Waals surface area contributed by atoms with Gasteiger partial charge in [0.2, 0.25) is 0 Å². The van der Waals surface area contributed by atoms with Crippen molar-refractivity contribution >= 4 is 59.4 Å². The molecule has 0 radical (unpaired) electrons. The van der Waals surface area contributed by atoms with Crippen molar-refractivity contribution in [2.75, 3.05) is 5.32 Å². The summed E-state index contributed by atoms with van der Waals surface area (Å²) >= 11 is 7.11. The minimum Gasteiger partial charge on any atom is -0.380 e. The Morgan fingerprint density at radius 1 is 1.00 bits per heavy atom. The molecule has 0 saturated heterocycles. The highest BCUT2D eigenvalue weighted by Crippen LogP contribution is 2.34. The molecule has 0 spiro atoms. The van der Waals surface area contributed by atoms with Gasteiger partial charge in [0.15, 0.2) is 0 Å². The van der Waals surface area contributed by atoms with Crippen LogP contribution in [-0.4, -0.2) is 9.67 Å². The Hall–Kier alpha value is -1.82. The van der Waals surface area contributed by atoms with Gasteiger partial charge in [0.1, 0.15) is 6.23 Å². The van der Waals surface area contributed by atoms with E-state index in [-0.39, 0.29) is 0 Å². The molecule has 5 heteroatoms. The quantitative estimate of drug-likeness (QED) is 0.357. The second-order valence-electron chi connectivity index (χ2n) is 6.31. The third kappa shape index (κ3) is 3.04. The lowest BCUT2D eigenvalue weighted by Gasteiger charge is -2.15. The van der Waals surface area contributed by atoms with Crippen LogP contribution in [-0.2, 0) is 6.54 Å². The summed E-state index contributed by atoms with van der Waals surface area (Å²) in [5, 5.41) is 16.3. The molecule has 0 aliphatic carbocycles. The van der Waals surface area contributed by atoms with Crippen molar-refractivity contribution in [2.24, 2.45) is 0 Å².